The fourth-order valence-corrected chi connectivity index (χ4v) is 1.96. The number of carbonyl (C=O) groups excluding carboxylic acids is 1. The summed E-state index contributed by atoms with van der Waals surface area (Å²) in [6, 6.07) is 14.3. The zero-order valence-electron chi connectivity index (χ0n) is 10.7. The van der Waals surface area contributed by atoms with E-state index in [1.807, 2.05) is 25.1 Å². The second-order valence-electron chi connectivity index (χ2n) is 4.45. The molecule has 0 atom stereocenters. The van der Waals surface area contributed by atoms with Gasteiger partial charge in [-0.15, -0.1) is 0 Å². The number of fused-ring (bicyclic) bond motifs is 1. The Labute approximate surface area is 108 Å². The summed E-state index contributed by atoms with van der Waals surface area (Å²) in [5, 5.41) is 2.38. The van der Waals surface area contributed by atoms with Crippen molar-refractivity contribution < 1.29 is 9.53 Å². The van der Waals surface area contributed by atoms with E-state index in [2.05, 4.69) is 24.3 Å². The van der Waals surface area contributed by atoms with Crippen molar-refractivity contribution in [2.75, 3.05) is 13.2 Å². The molecule has 2 aromatic carbocycles. The molecule has 0 aliphatic carbocycles. The van der Waals surface area contributed by atoms with Crippen LogP contribution in [0.25, 0.3) is 10.8 Å². The number of rotatable bonds is 6. The number of benzene rings is 2. The molecule has 2 aromatic rings. The average molecular weight is 242 g/mol. The Balaban J connectivity index is 2.01. The molecule has 0 N–H and O–H groups in total. The lowest BCUT2D eigenvalue weighted by atomic mass is 10.0. The molecule has 0 saturated heterocycles. The van der Waals surface area contributed by atoms with E-state index in [-0.39, 0.29) is 12.4 Å². The number of Topliss-reactive ketones (excluding diaryl/α,β-unsaturated/α-hetero) is 1. The van der Waals surface area contributed by atoms with Crippen molar-refractivity contribution >= 4 is 16.6 Å². The van der Waals surface area contributed by atoms with Gasteiger partial charge in [-0.1, -0.05) is 49.4 Å². The van der Waals surface area contributed by atoms with Gasteiger partial charge in [-0.25, -0.2) is 0 Å². The molecular formula is C16H18O2. The quantitative estimate of drug-likeness (QED) is 0.726. The first-order chi connectivity index (χ1) is 8.79. The molecule has 0 radical (unpaired) electrons. The van der Waals surface area contributed by atoms with Crippen molar-refractivity contribution in [3.63, 3.8) is 0 Å². The lowest BCUT2D eigenvalue weighted by Crippen LogP contribution is -2.11. The summed E-state index contributed by atoms with van der Waals surface area (Å²) < 4.78 is 5.25. The van der Waals surface area contributed by atoms with E-state index in [0.29, 0.717) is 13.0 Å². The lowest BCUT2D eigenvalue weighted by Gasteiger charge is -2.04. The molecule has 0 heterocycles. The topological polar surface area (TPSA) is 26.3 Å². The van der Waals surface area contributed by atoms with Crippen LogP contribution < -0.4 is 0 Å². The molecule has 0 aromatic heterocycles. The summed E-state index contributed by atoms with van der Waals surface area (Å²) in [6.45, 7) is 2.91. The maximum absolute atomic E-state index is 11.7. The molecule has 2 heteroatoms. The molecule has 0 amide bonds. The standard InChI is InChI=1S/C16H18O2/c1-2-9-18-12-16(17)11-13-7-8-14-5-3-4-6-15(14)10-13/h3-8,10H,2,9,11-12H2,1H3. The summed E-state index contributed by atoms with van der Waals surface area (Å²) in [4.78, 5) is 11.7. The Bertz CT molecular complexity index is 531. The Kier molecular flexibility index (Phi) is 4.48. The summed E-state index contributed by atoms with van der Waals surface area (Å²) in [5.41, 5.74) is 1.05. The highest BCUT2D eigenvalue weighted by atomic mass is 16.5. The van der Waals surface area contributed by atoms with Crippen LogP contribution >= 0.6 is 0 Å². The molecule has 94 valence electrons. The smallest absolute Gasteiger partial charge is 0.162 e. The van der Waals surface area contributed by atoms with Gasteiger partial charge in [0.15, 0.2) is 5.78 Å². The lowest BCUT2D eigenvalue weighted by molar-refractivity contribution is -0.122. The summed E-state index contributed by atoms with van der Waals surface area (Å²) >= 11 is 0. The SMILES string of the molecule is CCCOCC(=O)Cc1ccc2ccccc2c1. The molecule has 18 heavy (non-hydrogen) atoms. The largest absolute Gasteiger partial charge is 0.374 e. The van der Waals surface area contributed by atoms with Crippen LogP contribution in [0.5, 0.6) is 0 Å². The van der Waals surface area contributed by atoms with Crippen LogP contribution in [0.4, 0.5) is 0 Å². The first-order valence-corrected chi connectivity index (χ1v) is 6.36. The molecule has 0 unspecified atom stereocenters. The third kappa shape index (κ3) is 3.41. The molecule has 0 spiro atoms. The predicted octanol–water partition coefficient (Wildman–Crippen LogP) is 3.38. The Morgan fingerprint density at radius 1 is 1.11 bits per heavy atom. The van der Waals surface area contributed by atoms with Crippen molar-refractivity contribution in [3.8, 4) is 0 Å². The Morgan fingerprint density at radius 3 is 2.67 bits per heavy atom. The molecule has 0 aliphatic rings. The van der Waals surface area contributed by atoms with Crippen molar-refractivity contribution in [3.05, 3.63) is 48.0 Å². The van der Waals surface area contributed by atoms with Crippen molar-refractivity contribution in [2.45, 2.75) is 19.8 Å². The van der Waals surface area contributed by atoms with Crippen LogP contribution in [0.3, 0.4) is 0 Å². The van der Waals surface area contributed by atoms with Gasteiger partial charge in [-0.2, -0.15) is 0 Å². The van der Waals surface area contributed by atoms with Crippen molar-refractivity contribution in [2.24, 2.45) is 0 Å². The first kappa shape index (κ1) is 12.8. The molecule has 0 saturated carbocycles. The minimum absolute atomic E-state index is 0.138. The van der Waals surface area contributed by atoms with E-state index >= 15 is 0 Å². The third-order valence-electron chi connectivity index (χ3n) is 2.83. The fourth-order valence-electron chi connectivity index (χ4n) is 1.96. The average Bonchev–Trinajstić information content (AvgIpc) is 2.39. The highest BCUT2D eigenvalue weighted by Gasteiger charge is 2.04. The summed E-state index contributed by atoms with van der Waals surface area (Å²) in [7, 11) is 0. The predicted molar refractivity (Wildman–Crippen MR) is 73.8 cm³/mol. The van der Waals surface area contributed by atoms with Crippen LogP contribution in [-0.4, -0.2) is 19.0 Å². The number of hydrogen-bond donors (Lipinski definition) is 0. The maximum atomic E-state index is 11.7. The van der Waals surface area contributed by atoms with Gasteiger partial charge in [-0.3, -0.25) is 4.79 Å². The normalized spacial score (nSPS) is 10.7. The zero-order chi connectivity index (χ0) is 12.8. The van der Waals surface area contributed by atoms with E-state index in [4.69, 9.17) is 4.74 Å². The monoisotopic (exact) mass is 242 g/mol. The molecule has 2 rings (SSSR count). The second-order valence-corrected chi connectivity index (χ2v) is 4.45. The molecule has 0 aliphatic heterocycles. The van der Waals surface area contributed by atoms with Gasteiger partial charge in [-0.05, 0) is 22.8 Å². The van der Waals surface area contributed by atoms with Crippen LogP contribution in [0.2, 0.25) is 0 Å². The Morgan fingerprint density at radius 2 is 1.89 bits per heavy atom. The minimum Gasteiger partial charge on any atom is -0.374 e. The van der Waals surface area contributed by atoms with E-state index < -0.39 is 0 Å². The van der Waals surface area contributed by atoms with E-state index in [1.165, 1.54) is 10.8 Å². The Hall–Kier alpha value is -1.67. The van der Waals surface area contributed by atoms with Gasteiger partial charge < -0.3 is 4.74 Å². The minimum atomic E-state index is 0.138. The number of ketones is 1. The molecular weight excluding hydrogens is 224 g/mol. The van der Waals surface area contributed by atoms with Crippen molar-refractivity contribution in [1.82, 2.24) is 0 Å². The van der Waals surface area contributed by atoms with Crippen molar-refractivity contribution in [1.29, 1.82) is 0 Å². The number of hydrogen-bond acceptors (Lipinski definition) is 2. The maximum Gasteiger partial charge on any atom is 0.162 e. The summed E-state index contributed by atoms with van der Waals surface area (Å²) in [6.07, 6.45) is 1.40. The van der Waals surface area contributed by atoms with Crippen LogP contribution in [0.1, 0.15) is 18.9 Å². The molecule has 0 fully saturated rings. The number of carbonyl (C=O) groups is 1. The van der Waals surface area contributed by atoms with E-state index in [9.17, 15) is 4.79 Å². The summed E-state index contributed by atoms with van der Waals surface area (Å²) in [5.74, 6) is 0.138. The number of ether oxygens (including phenoxy) is 1. The first-order valence-electron chi connectivity index (χ1n) is 6.36. The second kappa shape index (κ2) is 6.31. The van der Waals surface area contributed by atoms with Crippen LogP contribution in [0.15, 0.2) is 42.5 Å². The van der Waals surface area contributed by atoms with Gasteiger partial charge in [0.05, 0.1) is 0 Å². The highest BCUT2D eigenvalue weighted by Crippen LogP contribution is 2.16. The molecule has 0 bridgehead atoms. The van der Waals surface area contributed by atoms with Crippen LogP contribution in [0, 0.1) is 0 Å². The van der Waals surface area contributed by atoms with Gasteiger partial charge >= 0.3 is 0 Å². The highest BCUT2D eigenvalue weighted by molar-refractivity contribution is 5.86. The van der Waals surface area contributed by atoms with Crippen LogP contribution in [-0.2, 0) is 16.0 Å². The van der Waals surface area contributed by atoms with E-state index in [1.54, 1.807) is 0 Å². The van der Waals surface area contributed by atoms with Gasteiger partial charge in [0.25, 0.3) is 0 Å². The third-order valence-corrected chi connectivity index (χ3v) is 2.83. The van der Waals surface area contributed by atoms with Gasteiger partial charge in [0.1, 0.15) is 6.61 Å². The van der Waals surface area contributed by atoms with Gasteiger partial charge in [0.2, 0.25) is 0 Å². The fraction of sp³-hybridized carbons (Fsp3) is 0.312. The zero-order valence-corrected chi connectivity index (χ0v) is 10.7. The van der Waals surface area contributed by atoms with E-state index in [0.717, 1.165) is 12.0 Å². The van der Waals surface area contributed by atoms with Gasteiger partial charge in [0, 0.05) is 13.0 Å². The molecule has 2 nitrogen and oxygen atoms in total.